The van der Waals surface area contributed by atoms with Crippen molar-refractivity contribution in [2.24, 2.45) is 0 Å². The van der Waals surface area contributed by atoms with Gasteiger partial charge in [-0.15, -0.1) is 11.3 Å². The lowest BCUT2D eigenvalue weighted by Crippen LogP contribution is -2.37. The van der Waals surface area contributed by atoms with Crippen molar-refractivity contribution in [3.05, 3.63) is 81.5 Å². The van der Waals surface area contributed by atoms with Gasteiger partial charge in [-0.3, -0.25) is 9.59 Å². The molecule has 0 radical (unpaired) electrons. The Balaban J connectivity index is 1.38. The zero-order valence-electron chi connectivity index (χ0n) is 17.2. The van der Waals surface area contributed by atoms with E-state index < -0.39 is 0 Å². The van der Waals surface area contributed by atoms with Gasteiger partial charge in [0.1, 0.15) is 5.75 Å². The fourth-order valence-electron chi connectivity index (χ4n) is 4.53. The highest BCUT2D eigenvalue weighted by molar-refractivity contribution is 7.10. The predicted octanol–water partition coefficient (Wildman–Crippen LogP) is 4.73. The fourth-order valence-corrected chi connectivity index (χ4v) is 5.23. The van der Waals surface area contributed by atoms with Gasteiger partial charge in [0.05, 0.1) is 19.0 Å². The summed E-state index contributed by atoms with van der Waals surface area (Å²) in [5.74, 6) is 0.656. The van der Waals surface area contributed by atoms with E-state index in [0.29, 0.717) is 18.7 Å². The molecule has 0 spiro atoms. The van der Waals surface area contributed by atoms with Crippen LogP contribution in [0.4, 0.5) is 5.69 Å². The van der Waals surface area contributed by atoms with Crippen LogP contribution in [0.2, 0.25) is 0 Å². The second kappa shape index (κ2) is 8.55. The number of anilines is 1. The number of carbonyl (C=O) groups excluding carboxylic acids is 2. The number of aryl methyl sites for hydroxylation is 1. The summed E-state index contributed by atoms with van der Waals surface area (Å²) in [6, 6.07) is 18.0. The van der Waals surface area contributed by atoms with Crippen molar-refractivity contribution in [3.8, 4) is 5.75 Å². The van der Waals surface area contributed by atoms with Crippen LogP contribution in [0.5, 0.6) is 5.75 Å². The van der Waals surface area contributed by atoms with Gasteiger partial charge in [-0.25, -0.2) is 0 Å². The molecule has 0 fully saturated rings. The van der Waals surface area contributed by atoms with Gasteiger partial charge in [-0.05, 0) is 60.0 Å². The molecule has 3 aromatic rings. The van der Waals surface area contributed by atoms with E-state index in [0.717, 1.165) is 35.4 Å². The second-order valence-electron chi connectivity index (χ2n) is 8.04. The number of ether oxygens (including phenoxy) is 1. The first-order valence-corrected chi connectivity index (χ1v) is 11.5. The Labute approximate surface area is 185 Å². The molecule has 1 N–H and O–H groups in total. The van der Waals surface area contributed by atoms with E-state index in [1.807, 2.05) is 46.7 Å². The van der Waals surface area contributed by atoms with Gasteiger partial charge in [0.15, 0.2) is 6.61 Å². The van der Waals surface area contributed by atoms with Gasteiger partial charge < -0.3 is 15.0 Å². The molecule has 1 unspecified atom stereocenters. The summed E-state index contributed by atoms with van der Waals surface area (Å²) in [5.41, 5.74) is 4.21. The molecule has 1 aliphatic heterocycles. The molecule has 2 heterocycles. The molecule has 2 aliphatic rings. The third-order valence-electron chi connectivity index (χ3n) is 5.99. The van der Waals surface area contributed by atoms with Crippen molar-refractivity contribution in [3.63, 3.8) is 0 Å². The van der Waals surface area contributed by atoms with Crippen molar-refractivity contribution >= 4 is 28.8 Å². The summed E-state index contributed by atoms with van der Waals surface area (Å²) in [6.07, 6.45) is 3.43. The van der Waals surface area contributed by atoms with Crippen molar-refractivity contribution < 1.29 is 14.3 Å². The maximum absolute atomic E-state index is 13.0. The molecule has 1 atom stereocenters. The Hall–Kier alpha value is -3.12. The second-order valence-corrected chi connectivity index (χ2v) is 9.08. The van der Waals surface area contributed by atoms with Gasteiger partial charge in [-0.1, -0.05) is 30.3 Å². The van der Waals surface area contributed by atoms with E-state index in [-0.39, 0.29) is 24.5 Å². The van der Waals surface area contributed by atoms with Crippen molar-refractivity contribution in [1.29, 1.82) is 0 Å². The molecule has 0 saturated carbocycles. The SMILES string of the molecule is O=C(Cc1cccs1)Nc1ccc2c(c1)CN(C1CCCc3ccccc31)C(=O)CO2. The lowest BCUT2D eigenvalue weighted by molar-refractivity contribution is -0.136. The summed E-state index contributed by atoms with van der Waals surface area (Å²) < 4.78 is 5.81. The van der Waals surface area contributed by atoms with Gasteiger partial charge in [0, 0.05) is 16.1 Å². The van der Waals surface area contributed by atoms with Crippen LogP contribution < -0.4 is 10.1 Å². The molecular formula is C25H24N2O3S. The van der Waals surface area contributed by atoms with E-state index >= 15 is 0 Å². The molecular weight excluding hydrogens is 408 g/mol. The number of thiophene rings is 1. The smallest absolute Gasteiger partial charge is 0.261 e. The number of nitrogens with zero attached hydrogens (tertiary/aromatic N) is 1. The molecule has 0 saturated heterocycles. The molecule has 2 aromatic carbocycles. The number of hydrogen-bond donors (Lipinski definition) is 1. The van der Waals surface area contributed by atoms with Crippen LogP contribution in [-0.4, -0.2) is 23.3 Å². The molecule has 5 nitrogen and oxygen atoms in total. The van der Waals surface area contributed by atoms with Crippen molar-refractivity contribution in [2.75, 3.05) is 11.9 Å². The molecule has 6 heteroatoms. The highest BCUT2D eigenvalue weighted by atomic mass is 32.1. The number of amides is 2. The van der Waals surface area contributed by atoms with E-state index in [4.69, 9.17) is 4.74 Å². The zero-order chi connectivity index (χ0) is 21.2. The van der Waals surface area contributed by atoms with Crippen LogP contribution in [0.25, 0.3) is 0 Å². The van der Waals surface area contributed by atoms with Gasteiger partial charge in [0.2, 0.25) is 5.91 Å². The summed E-state index contributed by atoms with van der Waals surface area (Å²) in [6.45, 7) is 0.511. The number of hydrogen-bond acceptors (Lipinski definition) is 4. The van der Waals surface area contributed by atoms with Crippen LogP contribution in [0.3, 0.4) is 0 Å². The summed E-state index contributed by atoms with van der Waals surface area (Å²) in [7, 11) is 0. The van der Waals surface area contributed by atoms with Gasteiger partial charge >= 0.3 is 0 Å². The van der Waals surface area contributed by atoms with Gasteiger partial charge in [-0.2, -0.15) is 0 Å². The van der Waals surface area contributed by atoms with Crippen molar-refractivity contribution in [1.82, 2.24) is 4.90 Å². The van der Waals surface area contributed by atoms with E-state index in [1.165, 1.54) is 11.1 Å². The lowest BCUT2D eigenvalue weighted by Gasteiger charge is -2.35. The molecule has 1 aliphatic carbocycles. The highest BCUT2D eigenvalue weighted by Crippen LogP contribution is 2.37. The van der Waals surface area contributed by atoms with Crippen molar-refractivity contribution in [2.45, 2.75) is 38.3 Å². The Kier molecular flexibility index (Phi) is 5.47. The highest BCUT2D eigenvalue weighted by Gasteiger charge is 2.32. The first-order valence-electron chi connectivity index (χ1n) is 10.6. The van der Waals surface area contributed by atoms with Crippen LogP contribution in [0, 0.1) is 0 Å². The topological polar surface area (TPSA) is 58.6 Å². The average molecular weight is 433 g/mol. The third kappa shape index (κ3) is 4.21. The standard InChI is InChI=1S/C25H24N2O3S/c28-24(14-20-7-4-12-31-20)26-19-10-11-23-18(13-19)15-27(25(29)16-30-23)22-9-3-6-17-5-1-2-8-21(17)22/h1-2,4-5,7-8,10-13,22H,3,6,9,14-16H2,(H,26,28). The number of fused-ring (bicyclic) bond motifs is 2. The largest absolute Gasteiger partial charge is 0.483 e. The molecule has 0 bridgehead atoms. The third-order valence-corrected chi connectivity index (χ3v) is 6.86. The zero-order valence-corrected chi connectivity index (χ0v) is 18.0. The van der Waals surface area contributed by atoms with Crippen LogP contribution in [-0.2, 0) is 29.0 Å². The normalized spacial score (nSPS) is 17.9. The van der Waals surface area contributed by atoms with E-state index in [9.17, 15) is 9.59 Å². The number of nitrogens with one attached hydrogen (secondary N) is 1. The number of benzene rings is 2. The Morgan fingerprint density at radius 2 is 2.03 bits per heavy atom. The van der Waals surface area contributed by atoms with E-state index in [2.05, 4.69) is 23.5 Å². The van der Waals surface area contributed by atoms with Crippen LogP contribution in [0.15, 0.2) is 60.0 Å². The maximum Gasteiger partial charge on any atom is 0.261 e. The summed E-state index contributed by atoms with van der Waals surface area (Å²) >= 11 is 1.57. The Bertz CT molecular complexity index is 1110. The van der Waals surface area contributed by atoms with Crippen LogP contribution in [0.1, 0.15) is 40.5 Å². The summed E-state index contributed by atoms with van der Waals surface area (Å²) in [5, 5.41) is 4.95. The minimum atomic E-state index is -0.0499. The van der Waals surface area contributed by atoms with Crippen LogP contribution >= 0.6 is 11.3 Å². The first kappa shape index (κ1) is 19.8. The Morgan fingerprint density at radius 1 is 1.13 bits per heavy atom. The quantitative estimate of drug-likeness (QED) is 0.649. The predicted molar refractivity (Wildman–Crippen MR) is 121 cm³/mol. The average Bonchev–Trinajstić information content (AvgIpc) is 3.23. The Morgan fingerprint density at radius 3 is 2.90 bits per heavy atom. The first-order chi connectivity index (χ1) is 15.2. The molecule has 158 valence electrons. The van der Waals surface area contributed by atoms with E-state index in [1.54, 1.807) is 11.3 Å². The molecule has 1 aromatic heterocycles. The molecule has 31 heavy (non-hydrogen) atoms. The fraction of sp³-hybridized carbons (Fsp3) is 0.280. The number of rotatable bonds is 4. The monoisotopic (exact) mass is 432 g/mol. The number of carbonyl (C=O) groups is 2. The summed E-state index contributed by atoms with van der Waals surface area (Å²) in [4.78, 5) is 28.4. The maximum atomic E-state index is 13.0. The molecule has 5 rings (SSSR count). The van der Waals surface area contributed by atoms with Gasteiger partial charge in [0.25, 0.3) is 5.91 Å². The minimum Gasteiger partial charge on any atom is -0.483 e. The lowest BCUT2D eigenvalue weighted by atomic mass is 9.86. The molecule has 2 amide bonds. The minimum absolute atomic E-state index is 0.00110.